The van der Waals surface area contributed by atoms with Crippen molar-refractivity contribution in [2.75, 3.05) is 20.3 Å². The van der Waals surface area contributed by atoms with Gasteiger partial charge in [-0.3, -0.25) is 9.59 Å². The van der Waals surface area contributed by atoms with Crippen LogP contribution in [0.3, 0.4) is 0 Å². The van der Waals surface area contributed by atoms with E-state index in [1.165, 1.54) is 11.9 Å². The zero-order valence-electron chi connectivity index (χ0n) is 15.1. The third kappa shape index (κ3) is 2.86. The topological polar surface area (TPSA) is 95.9 Å². The van der Waals surface area contributed by atoms with Gasteiger partial charge in [-0.1, -0.05) is 13.0 Å². The van der Waals surface area contributed by atoms with E-state index >= 15 is 0 Å². The van der Waals surface area contributed by atoms with Crippen LogP contribution in [0.5, 0.6) is 5.75 Å². The third-order valence-electron chi connectivity index (χ3n) is 5.41. The van der Waals surface area contributed by atoms with Gasteiger partial charge in [0.1, 0.15) is 18.1 Å². The van der Waals surface area contributed by atoms with Crippen LogP contribution in [0.25, 0.3) is 0 Å². The van der Waals surface area contributed by atoms with E-state index in [0.29, 0.717) is 24.3 Å². The maximum atomic E-state index is 12.9. The normalized spacial score (nSPS) is 21.8. The molecule has 2 heterocycles. The highest BCUT2D eigenvalue weighted by Crippen LogP contribution is 2.46. The van der Waals surface area contributed by atoms with E-state index in [1.54, 1.807) is 6.07 Å². The zero-order chi connectivity index (χ0) is 18.9. The number of likely N-dealkylation sites (N-methyl/N-ethyl adjacent to an activating group) is 1. The number of nitrogens with zero attached hydrogens (tertiary/aromatic N) is 1. The van der Waals surface area contributed by atoms with E-state index in [9.17, 15) is 19.5 Å². The standard InChI is InChI=1S/C19H24N2O5/c1-19(7-9-23)11-26-16-13-10-21(15(4-3-8-22)17(24)20-2)18(25)12(13)5-6-14(16)19/h5-6,8,15,23H,3-4,7,9-11H2,1-2H3,(H,20,24). The summed E-state index contributed by atoms with van der Waals surface area (Å²) in [6.07, 6.45) is 1.83. The van der Waals surface area contributed by atoms with Gasteiger partial charge in [-0.05, 0) is 18.9 Å². The van der Waals surface area contributed by atoms with Crippen LogP contribution in [-0.2, 0) is 21.5 Å². The van der Waals surface area contributed by atoms with Crippen molar-refractivity contribution in [2.45, 2.75) is 44.2 Å². The first-order valence-electron chi connectivity index (χ1n) is 8.83. The number of aldehydes is 1. The fourth-order valence-electron chi connectivity index (χ4n) is 3.86. The van der Waals surface area contributed by atoms with E-state index in [2.05, 4.69) is 5.32 Å². The smallest absolute Gasteiger partial charge is 0.255 e. The number of carbonyl (C=O) groups excluding carboxylic acids is 3. The summed E-state index contributed by atoms with van der Waals surface area (Å²) in [5.41, 5.74) is 2.03. The van der Waals surface area contributed by atoms with Crippen molar-refractivity contribution in [2.24, 2.45) is 0 Å². The van der Waals surface area contributed by atoms with Crippen LogP contribution in [0.2, 0.25) is 0 Å². The summed E-state index contributed by atoms with van der Waals surface area (Å²) in [5, 5.41) is 11.9. The Morgan fingerprint density at radius 3 is 2.92 bits per heavy atom. The number of ether oxygens (including phenoxy) is 1. The molecule has 0 bridgehead atoms. The van der Waals surface area contributed by atoms with E-state index in [-0.39, 0.29) is 43.2 Å². The number of rotatable bonds is 7. The van der Waals surface area contributed by atoms with Crippen LogP contribution >= 0.6 is 0 Å². The molecule has 2 aliphatic heterocycles. The van der Waals surface area contributed by atoms with Gasteiger partial charge in [0.05, 0.1) is 13.2 Å². The van der Waals surface area contributed by atoms with Gasteiger partial charge in [0, 0.05) is 42.2 Å². The minimum absolute atomic E-state index is 0.0614. The molecule has 1 aromatic carbocycles. The molecule has 0 aromatic heterocycles. The lowest BCUT2D eigenvalue weighted by atomic mass is 9.81. The summed E-state index contributed by atoms with van der Waals surface area (Å²) in [6, 6.07) is 2.98. The number of aliphatic hydroxyl groups is 1. The summed E-state index contributed by atoms with van der Waals surface area (Å²) < 4.78 is 5.91. The summed E-state index contributed by atoms with van der Waals surface area (Å²) in [5.74, 6) is 0.192. The van der Waals surface area contributed by atoms with E-state index in [1.807, 2.05) is 13.0 Å². The molecular weight excluding hydrogens is 336 g/mol. The monoisotopic (exact) mass is 360 g/mol. The SMILES string of the molecule is CNC(=O)C(CCC=O)N1Cc2c(ccc3c2OCC3(C)CCO)C1=O. The fourth-order valence-corrected chi connectivity index (χ4v) is 3.86. The first kappa shape index (κ1) is 18.4. The summed E-state index contributed by atoms with van der Waals surface area (Å²) in [7, 11) is 1.52. The Hall–Kier alpha value is -2.41. The molecule has 2 amide bonds. The number of hydrogen-bond acceptors (Lipinski definition) is 5. The molecule has 140 valence electrons. The number of nitrogens with one attached hydrogen (secondary N) is 1. The van der Waals surface area contributed by atoms with Crippen molar-refractivity contribution in [3.63, 3.8) is 0 Å². The molecule has 0 saturated carbocycles. The Labute approximate surface area is 152 Å². The molecule has 26 heavy (non-hydrogen) atoms. The van der Waals surface area contributed by atoms with Gasteiger partial charge in [0.15, 0.2) is 0 Å². The minimum Gasteiger partial charge on any atom is -0.492 e. The fraction of sp³-hybridized carbons (Fsp3) is 0.526. The van der Waals surface area contributed by atoms with Gasteiger partial charge in [0.25, 0.3) is 5.91 Å². The molecule has 2 aliphatic rings. The Morgan fingerprint density at radius 2 is 2.27 bits per heavy atom. The lowest BCUT2D eigenvalue weighted by Crippen LogP contribution is -2.46. The predicted molar refractivity (Wildman–Crippen MR) is 94.0 cm³/mol. The van der Waals surface area contributed by atoms with Gasteiger partial charge < -0.3 is 24.9 Å². The van der Waals surface area contributed by atoms with Gasteiger partial charge in [-0.2, -0.15) is 0 Å². The largest absolute Gasteiger partial charge is 0.492 e. The molecule has 0 fully saturated rings. The molecule has 2 unspecified atom stereocenters. The van der Waals surface area contributed by atoms with Crippen LogP contribution in [0.15, 0.2) is 12.1 Å². The number of amides is 2. The molecule has 1 aromatic rings. The van der Waals surface area contributed by atoms with Crippen LogP contribution in [0, 0.1) is 0 Å². The molecule has 7 nitrogen and oxygen atoms in total. The Kier molecular flexibility index (Phi) is 5.00. The number of hydrogen-bond donors (Lipinski definition) is 2. The number of carbonyl (C=O) groups is 3. The molecule has 0 aliphatic carbocycles. The molecule has 0 radical (unpaired) electrons. The van der Waals surface area contributed by atoms with Crippen LogP contribution < -0.4 is 10.1 Å². The third-order valence-corrected chi connectivity index (χ3v) is 5.41. The molecule has 7 heteroatoms. The maximum Gasteiger partial charge on any atom is 0.255 e. The van der Waals surface area contributed by atoms with Gasteiger partial charge >= 0.3 is 0 Å². The summed E-state index contributed by atoms with van der Waals surface area (Å²) in [6.45, 7) is 2.83. The van der Waals surface area contributed by atoms with Crippen molar-refractivity contribution in [3.05, 3.63) is 28.8 Å². The van der Waals surface area contributed by atoms with E-state index in [4.69, 9.17) is 4.74 Å². The maximum absolute atomic E-state index is 12.9. The summed E-state index contributed by atoms with van der Waals surface area (Å²) >= 11 is 0. The number of fused-ring (bicyclic) bond motifs is 3. The van der Waals surface area contributed by atoms with Crippen molar-refractivity contribution in [1.29, 1.82) is 0 Å². The predicted octanol–water partition coefficient (Wildman–Crippen LogP) is 0.769. The average Bonchev–Trinajstić information content (AvgIpc) is 3.14. The zero-order valence-corrected chi connectivity index (χ0v) is 15.1. The molecule has 3 rings (SSSR count). The second kappa shape index (κ2) is 7.07. The molecular formula is C19H24N2O5. The molecule has 0 spiro atoms. The summed E-state index contributed by atoms with van der Waals surface area (Å²) in [4.78, 5) is 37.4. The number of aliphatic hydroxyl groups excluding tert-OH is 1. The van der Waals surface area contributed by atoms with Crippen molar-refractivity contribution < 1.29 is 24.2 Å². The Bertz CT molecular complexity index is 748. The molecule has 2 N–H and O–H groups in total. The Balaban J connectivity index is 1.94. The van der Waals surface area contributed by atoms with Gasteiger partial charge in [0.2, 0.25) is 5.91 Å². The highest BCUT2D eigenvalue weighted by molar-refractivity contribution is 6.02. The lowest BCUT2D eigenvalue weighted by Gasteiger charge is -2.25. The molecule has 2 atom stereocenters. The average molecular weight is 360 g/mol. The first-order chi connectivity index (χ1) is 12.5. The minimum atomic E-state index is -0.689. The van der Waals surface area contributed by atoms with Crippen LogP contribution in [0.4, 0.5) is 0 Å². The Morgan fingerprint density at radius 1 is 1.50 bits per heavy atom. The highest BCUT2D eigenvalue weighted by atomic mass is 16.5. The van der Waals surface area contributed by atoms with E-state index in [0.717, 1.165) is 17.4 Å². The lowest BCUT2D eigenvalue weighted by molar-refractivity contribution is -0.125. The van der Waals surface area contributed by atoms with Crippen molar-refractivity contribution >= 4 is 18.1 Å². The van der Waals surface area contributed by atoms with Gasteiger partial charge in [-0.25, -0.2) is 0 Å². The van der Waals surface area contributed by atoms with E-state index < -0.39 is 6.04 Å². The molecule has 0 saturated heterocycles. The van der Waals surface area contributed by atoms with Crippen molar-refractivity contribution in [3.8, 4) is 5.75 Å². The second-order valence-corrected chi connectivity index (χ2v) is 7.10. The van der Waals surface area contributed by atoms with Crippen LogP contribution in [-0.4, -0.2) is 54.4 Å². The van der Waals surface area contributed by atoms with Crippen LogP contribution in [0.1, 0.15) is 47.7 Å². The second-order valence-electron chi connectivity index (χ2n) is 7.10. The quantitative estimate of drug-likeness (QED) is 0.700. The first-order valence-corrected chi connectivity index (χ1v) is 8.83. The number of benzene rings is 1. The van der Waals surface area contributed by atoms with Crippen molar-refractivity contribution in [1.82, 2.24) is 10.2 Å². The highest BCUT2D eigenvalue weighted by Gasteiger charge is 2.43. The van der Waals surface area contributed by atoms with Gasteiger partial charge in [-0.15, -0.1) is 0 Å².